The number of thiophene rings is 1. The van der Waals surface area contributed by atoms with Crippen LogP contribution in [0.25, 0.3) is 22.1 Å². The molecule has 1 heterocycles. The van der Waals surface area contributed by atoms with E-state index in [4.69, 9.17) is 14.2 Å². The monoisotopic (exact) mass is 380 g/mol. The summed E-state index contributed by atoms with van der Waals surface area (Å²) in [5, 5.41) is 2.02. The number of ether oxygens (including phenoxy) is 3. The molecule has 27 heavy (non-hydrogen) atoms. The predicted octanol–water partition coefficient (Wildman–Crippen LogP) is 5.18. The third kappa shape index (κ3) is 3.88. The molecule has 138 valence electrons. The van der Waals surface area contributed by atoms with Crippen LogP contribution in [0.5, 0.6) is 17.2 Å². The zero-order chi connectivity index (χ0) is 19.2. The first-order valence-electron chi connectivity index (χ1n) is 8.32. The van der Waals surface area contributed by atoms with Gasteiger partial charge in [-0.15, -0.1) is 11.3 Å². The van der Waals surface area contributed by atoms with Crippen LogP contribution < -0.4 is 14.2 Å². The van der Waals surface area contributed by atoms with Crippen LogP contribution in [0.15, 0.2) is 53.9 Å². The van der Waals surface area contributed by atoms with E-state index in [-0.39, 0.29) is 0 Å². The van der Waals surface area contributed by atoms with Gasteiger partial charge in [0.1, 0.15) is 17.2 Å². The average Bonchev–Trinajstić information content (AvgIpc) is 3.26. The minimum atomic E-state index is 0.480. The summed E-state index contributed by atoms with van der Waals surface area (Å²) in [6.45, 7) is 0. The van der Waals surface area contributed by atoms with Crippen LogP contribution in [-0.2, 0) is 4.79 Å². The summed E-state index contributed by atoms with van der Waals surface area (Å²) in [6, 6.07) is 15.4. The second-order valence-electron chi connectivity index (χ2n) is 5.69. The van der Waals surface area contributed by atoms with Gasteiger partial charge in [-0.3, -0.25) is 4.79 Å². The van der Waals surface area contributed by atoms with Gasteiger partial charge in [-0.2, -0.15) is 0 Å². The first kappa shape index (κ1) is 18.7. The minimum Gasteiger partial charge on any atom is -0.496 e. The summed E-state index contributed by atoms with van der Waals surface area (Å²) >= 11 is 1.65. The van der Waals surface area contributed by atoms with E-state index >= 15 is 0 Å². The summed E-state index contributed by atoms with van der Waals surface area (Å²) in [4.78, 5) is 13.1. The van der Waals surface area contributed by atoms with E-state index in [1.54, 1.807) is 38.7 Å². The summed E-state index contributed by atoms with van der Waals surface area (Å²) in [7, 11) is 4.77. The molecule has 0 aliphatic heterocycles. The van der Waals surface area contributed by atoms with Gasteiger partial charge in [-0.1, -0.05) is 12.1 Å². The fourth-order valence-electron chi connectivity index (χ4n) is 2.88. The SMILES string of the molecule is COc1ccc(-c2cccs2)cc1C(C=O)=Cc1c(OC)cccc1OC. The van der Waals surface area contributed by atoms with E-state index in [0.717, 1.165) is 16.7 Å². The van der Waals surface area contributed by atoms with Gasteiger partial charge in [0.25, 0.3) is 0 Å². The quantitative estimate of drug-likeness (QED) is 0.322. The zero-order valence-corrected chi connectivity index (χ0v) is 16.2. The van der Waals surface area contributed by atoms with Crippen molar-refractivity contribution in [3.05, 3.63) is 65.0 Å². The minimum absolute atomic E-state index is 0.480. The number of hydrogen-bond donors (Lipinski definition) is 0. The van der Waals surface area contributed by atoms with Gasteiger partial charge in [-0.05, 0) is 53.4 Å². The molecule has 4 nitrogen and oxygen atoms in total. The molecule has 0 bridgehead atoms. The van der Waals surface area contributed by atoms with Crippen LogP contribution in [-0.4, -0.2) is 27.6 Å². The molecule has 0 unspecified atom stereocenters. The lowest BCUT2D eigenvalue weighted by atomic mass is 9.99. The molecule has 0 radical (unpaired) electrons. The van der Waals surface area contributed by atoms with Crippen molar-refractivity contribution in [1.29, 1.82) is 0 Å². The van der Waals surface area contributed by atoms with E-state index in [2.05, 4.69) is 0 Å². The molecular formula is C22H20O4S. The fraction of sp³-hybridized carbons (Fsp3) is 0.136. The maximum absolute atomic E-state index is 12.0. The molecule has 0 amide bonds. The molecule has 0 saturated heterocycles. The number of rotatable bonds is 7. The van der Waals surface area contributed by atoms with Crippen LogP contribution in [0.3, 0.4) is 0 Å². The largest absolute Gasteiger partial charge is 0.496 e. The fourth-order valence-corrected chi connectivity index (χ4v) is 3.61. The van der Waals surface area contributed by atoms with Gasteiger partial charge < -0.3 is 14.2 Å². The van der Waals surface area contributed by atoms with E-state index in [0.29, 0.717) is 33.9 Å². The Labute approximate surface area is 162 Å². The summed E-state index contributed by atoms with van der Waals surface area (Å²) in [5.74, 6) is 1.88. The van der Waals surface area contributed by atoms with Crippen LogP contribution in [0.1, 0.15) is 11.1 Å². The lowest BCUT2D eigenvalue weighted by molar-refractivity contribution is -0.103. The molecule has 0 spiro atoms. The topological polar surface area (TPSA) is 44.8 Å². The third-order valence-electron chi connectivity index (χ3n) is 4.21. The molecule has 1 aromatic heterocycles. The van der Waals surface area contributed by atoms with Gasteiger partial charge in [0.15, 0.2) is 6.29 Å². The molecule has 0 saturated carbocycles. The van der Waals surface area contributed by atoms with E-state index in [1.165, 1.54) is 0 Å². The van der Waals surface area contributed by atoms with Crippen molar-refractivity contribution in [3.63, 3.8) is 0 Å². The number of carbonyl (C=O) groups is 1. The number of aldehydes is 1. The molecule has 3 aromatic rings. The van der Waals surface area contributed by atoms with E-state index in [9.17, 15) is 4.79 Å². The molecule has 0 fully saturated rings. The van der Waals surface area contributed by atoms with Gasteiger partial charge in [-0.25, -0.2) is 0 Å². The lowest BCUT2D eigenvalue weighted by Gasteiger charge is -2.13. The Morgan fingerprint density at radius 2 is 1.59 bits per heavy atom. The Kier molecular flexibility index (Phi) is 5.94. The summed E-state index contributed by atoms with van der Waals surface area (Å²) in [5.41, 5.74) is 2.92. The second-order valence-corrected chi connectivity index (χ2v) is 6.63. The average molecular weight is 380 g/mol. The van der Waals surface area contributed by atoms with Crippen LogP contribution in [0.2, 0.25) is 0 Å². The summed E-state index contributed by atoms with van der Waals surface area (Å²) in [6.07, 6.45) is 2.59. The zero-order valence-electron chi connectivity index (χ0n) is 15.4. The molecule has 0 aliphatic carbocycles. The second kappa shape index (κ2) is 8.56. The first-order chi connectivity index (χ1) is 13.2. The van der Waals surface area contributed by atoms with Crippen LogP contribution in [0.4, 0.5) is 0 Å². The van der Waals surface area contributed by atoms with Crippen molar-refractivity contribution >= 4 is 29.3 Å². The van der Waals surface area contributed by atoms with Crippen molar-refractivity contribution < 1.29 is 19.0 Å². The molecule has 0 aliphatic rings. The smallest absolute Gasteiger partial charge is 0.150 e. The Morgan fingerprint density at radius 3 is 2.15 bits per heavy atom. The number of allylic oxidation sites excluding steroid dienone is 1. The highest BCUT2D eigenvalue weighted by Crippen LogP contribution is 2.36. The van der Waals surface area contributed by atoms with E-state index in [1.807, 2.05) is 53.9 Å². The van der Waals surface area contributed by atoms with E-state index < -0.39 is 0 Å². The molecule has 5 heteroatoms. The Hall–Kier alpha value is -3.05. The van der Waals surface area contributed by atoms with Crippen molar-refractivity contribution in [2.24, 2.45) is 0 Å². The highest BCUT2D eigenvalue weighted by atomic mass is 32.1. The van der Waals surface area contributed by atoms with Gasteiger partial charge in [0, 0.05) is 16.0 Å². The standard InChI is InChI=1S/C22H20O4S/c1-24-19-6-4-7-20(25-2)18(19)13-16(14-23)17-12-15(9-10-21(17)26-3)22-8-5-11-27-22/h4-14H,1-3H3. The number of benzene rings is 2. The Balaban J connectivity index is 2.17. The third-order valence-corrected chi connectivity index (χ3v) is 5.13. The van der Waals surface area contributed by atoms with Crippen LogP contribution >= 0.6 is 11.3 Å². The molecular weight excluding hydrogens is 360 g/mol. The summed E-state index contributed by atoms with van der Waals surface area (Å²) < 4.78 is 16.4. The molecule has 0 N–H and O–H groups in total. The number of hydrogen-bond acceptors (Lipinski definition) is 5. The Bertz CT molecular complexity index is 936. The van der Waals surface area contributed by atoms with Crippen molar-refractivity contribution in [2.45, 2.75) is 0 Å². The lowest BCUT2D eigenvalue weighted by Crippen LogP contribution is -1.96. The molecule has 3 rings (SSSR count). The van der Waals surface area contributed by atoms with Crippen molar-refractivity contribution in [2.75, 3.05) is 21.3 Å². The Morgan fingerprint density at radius 1 is 0.889 bits per heavy atom. The van der Waals surface area contributed by atoms with Crippen molar-refractivity contribution in [1.82, 2.24) is 0 Å². The first-order valence-corrected chi connectivity index (χ1v) is 9.20. The predicted molar refractivity (Wildman–Crippen MR) is 110 cm³/mol. The maximum Gasteiger partial charge on any atom is 0.150 e. The van der Waals surface area contributed by atoms with Gasteiger partial charge in [0.2, 0.25) is 0 Å². The molecule has 0 atom stereocenters. The van der Waals surface area contributed by atoms with Gasteiger partial charge in [0.05, 0.1) is 26.9 Å². The number of methoxy groups -OCH3 is 3. The normalized spacial score (nSPS) is 11.1. The van der Waals surface area contributed by atoms with Crippen molar-refractivity contribution in [3.8, 4) is 27.7 Å². The highest BCUT2D eigenvalue weighted by Gasteiger charge is 2.14. The van der Waals surface area contributed by atoms with Crippen LogP contribution in [0, 0.1) is 0 Å². The van der Waals surface area contributed by atoms with Gasteiger partial charge >= 0.3 is 0 Å². The molecule has 2 aromatic carbocycles. The number of carbonyl (C=O) groups excluding carboxylic acids is 1. The maximum atomic E-state index is 12.0. The highest BCUT2D eigenvalue weighted by molar-refractivity contribution is 7.13.